The van der Waals surface area contributed by atoms with Crippen molar-refractivity contribution in [3.63, 3.8) is 0 Å². The third-order valence-electron chi connectivity index (χ3n) is 3.54. The lowest BCUT2D eigenvalue weighted by Gasteiger charge is -2.19. The molecule has 0 saturated heterocycles. The van der Waals surface area contributed by atoms with Gasteiger partial charge in [0.05, 0.1) is 6.54 Å². The molecule has 1 saturated carbocycles. The maximum absolute atomic E-state index is 11.6. The van der Waals surface area contributed by atoms with E-state index in [4.69, 9.17) is 4.42 Å². The van der Waals surface area contributed by atoms with Gasteiger partial charge in [0.25, 0.3) is 10.0 Å². The molecule has 1 aliphatic carbocycles. The molecule has 1 aliphatic rings. The Hall–Kier alpha value is -0.500. The Balaban J connectivity index is 1.91. The van der Waals surface area contributed by atoms with Gasteiger partial charge >= 0.3 is 0 Å². The standard InChI is InChI=1S/C13H22N2O3S2/c1-3-19-12-6-4-5-11(12)15-9-10-7-8-13(18-10)20(16,17)14-2/h7-8,11-12,14-15H,3-6,9H2,1-2H3. The highest BCUT2D eigenvalue weighted by Crippen LogP contribution is 2.30. The van der Waals surface area contributed by atoms with Crippen LogP contribution in [0.2, 0.25) is 0 Å². The summed E-state index contributed by atoms with van der Waals surface area (Å²) in [5.41, 5.74) is 0. The molecule has 20 heavy (non-hydrogen) atoms. The van der Waals surface area contributed by atoms with E-state index in [0.717, 1.165) is 5.75 Å². The summed E-state index contributed by atoms with van der Waals surface area (Å²) in [6.45, 7) is 2.76. The summed E-state index contributed by atoms with van der Waals surface area (Å²) >= 11 is 2.00. The summed E-state index contributed by atoms with van der Waals surface area (Å²) < 4.78 is 30.8. The molecular weight excluding hydrogens is 296 g/mol. The minimum absolute atomic E-state index is 0.0253. The van der Waals surface area contributed by atoms with Crippen molar-refractivity contribution >= 4 is 21.8 Å². The number of furan rings is 1. The molecular formula is C13H22N2O3S2. The zero-order valence-corrected chi connectivity index (χ0v) is 13.5. The minimum atomic E-state index is -3.48. The van der Waals surface area contributed by atoms with Crippen molar-refractivity contribution in [3.8, 4) is 0 Å². The molecule has 1 aromatic heterocycles. The van der Waals surface area contributed by atoms with Crippen molar-refractivity contribution in [3.05, 3.63) is 17.9 Å². The van der Waals surface area contributed by atoms with Gasteiger partial charge in [-0.05, 0) is 37.8 Å². The van der Waals surface area contributed by atoms with Crippen LogP contribution in [0.5, 0.6) is 0 Å². The first-order valence-electron chi connectivity index (χ1n) is 6.94. The monoisotopic (exact) mass is 318 g/mol. The van der Waals surface area contributed by atoms with Crippen molar-refractivity contribution in [1.82, 2.24) is 10.0 Å². The topological polar surface area (TPSA) is 71.3 Å². The highest BCUT2D eigenvalue weighted by molar-refractivity contribution is 7.99. The third-order valence-corrected chi connectivity index (χ3v) is 6.15. The second kappa shape index (κ2) is 6.98. The van der Waals surface area contributed by atoms with Gasteiger partial charge in [-0.1, -0.05) is 13.3 Å². The zero-order valence-electron chi connectivity index (χ0n) is 11.9. The molecule has 0 amide bonds. The Bertz CT molecular complexity index is 527. The molecule has 0 aromatic carbocycles. The molecule has 0 aliphatic heterocycles. The first kappa shape index (κ1) is 15.9. The van der Waals surface area contributed by atoms with Gasteiger partial charge in [0.1, 0.15) is 5.76 Å². The van der Waals surface area contributed by atoms with Crippen LogP contribution in [0.1, 0.15) is 31.9 Å². The molecule has 114 valence electrons. The molecule has 5 nitrogen and oxygen atoms in total. The Morgan fingerprint density at radius 3 is 2.90 bits per heavy atom. The van der Waals surface area contributed by atoms with E-state index in [0.29, 0.717) is 23.6 Å². The fraction of sp³-hybridized carbons (Fsp3) is 0.692. The fourth-order valence-corrected chi connectivity index (χ4v) is 4.39. The summed E-state index contributed by atoms with van der Waals surface area (Å²) in [6.07, 6.45) is 3.70. The van der Waals surface area contributed by atoms with E-state index >= 15 is 0 Å². The van der Waals surface area contributed by atoms with Crippen molar-refractivity contribution in [1.29, 1.82) is 0 Å². The maximum Gasteiger partial charge on any atom is 0.273 e. The van der Waals surface area contributed by atoms with Crippen LogP contribution in [0.15, 0.2) is 21.6 Å². The molecule has 0 bridgehead atoms. The van der Waals surface area contributed by atoms with Crippen LogP contribution in [-0.2, 0) is 16.6 Å². The van der Waals surface area contributed by atoms with E-state index in [1.807, 2.05) is 11.8 Å². The summed E-state index contributed by atoms with van der Waals surface area (Å²) in [4.78, 5) is 0. The maximum atomic E-state index is 11.6. The number of hydrogen-bond acceptors (Lipinski definition) is 5. The predicted molar refractivity (Wildman–Crippen MR) is 81.4 cm³/mol. The molecule has 2 unspecified atom stereocenters. The number of nitrogens with one attached hydrogen (secondary N) is 2. The second-order valence-corrected chi connectivity index (χ2v) is 8.17. The molecule has 1 fully saturated rings. The van der Waals surface area contributed by atoms with Crippen molar-refractivity contribution in [2.24, 2.45) is 0 Å². The van der Waals surface area contributed by atoms with Crippen molar-refractivity contribution in [2.75, 3.05) is 12.8 Å². The molecule has 2 N–H and O–H groups in total. The predicted octanol–water partition coefficient (Wildman–Crippen LogP) is 1.95. The van der Waals surface area contributed by atoms with Gasteiger partial charge in [-0.3, -0.25) is 0 Å². The Labute approximate surface area is 124 Å². The third kappa shape index (κ3) is 3.78. The molecule has 2 rings (SSSR count). The number of rotatable bonds is 7. The van der Waals surface area contributed by atoms with E-state index in [9.17, 15) is 8.42 Å². The summed E-state index contributed by atoms with van der Waals surface area (Å²) in [7, 11) is -2.11. The summed E-state index contributed by atoms with van der Waals surface area (Å²) in [6, 6.07) is 3.71. The van der Waals surface area contributed by atoms with Gasteiger partial charge in [0, 0.05) is 11.3 Å². The van der Waals surface area contributed by atoms with Gasteiger partial charge in [-0.2, -0.15) is 11.8 Å². The van der Waals surface area contributed by atoms with Crippen LogP contribution < -0.4 is 10.0 Å². The van der Waals surface area contributed by atoms with Crippen LogP contribution in [0, 0.1) is 0 Å². The quantitative estimate of drug-likeness (QED) is 0.804. The molecule has 2 atom stereocenters. The first-order chi connectivity index (χ1) is 9.56. The van der Waals surface area contributed by atoms with Gasteiger partial charge in [-0.25, -0.2) is 13.1 Å². The number of thioether (sulfide) groups is 1. The van der Waals surface area contributed by atoms with Crippen LogP contribution >= 0.6 is 11.8 Å². The summed E-state index contributed by atoms with van der Waals surface area (Å²) in [5.74, 6) is 1.79. The molecule has 1 aromatic rings. The van der Waals surface area contributed by atoms with E-state index in [2.05, 4.69) is 17.0 Å². The first-order valence-corrected chi connectivity index (χ1v) is 9.47. The Kier molecular flexibility index (Phi) is 5.54. The normalized spacial score (nSPS) is 23.3. The van der Waals surface area contributed by atoms with E-state index in [1.165, 1.54) is 32.4 Å². The lowest BCUT2D eigenvalue weighted by Crippen LogP contribution is -2.33. The van der Waals surface area contributed by atoms with Crippen molar-refractivity contribution in [2.45, 2.75) is 49.1 Å². The van der Waals surface area contributed by atoms with E-state index < -0.39 is 10.0 Å². The van der Waals surface area contributed by atoms with Crippen LogP contribution in [0.25, 0.3) is 0 Å². The van der Waals surface area contributed by atoms with Crippen LogP contribution in [0.3, 0.4) is 0 Å². The molecule has 1 heterocycles. The van der Waals surface area contributed by atoms with Gasteiger partial charge in [0.2, 0.25) is 5.09 Å². The molecule has 0 radical (unpaired) electrons. The van der Waals surface area contributed by atoms with Crippen LogP contribution in [0.4, 0.5) is 0 Å². The zero-order chi connectivity index (χ0) is 14.6. The average molecular weight is 318 g/mol. The summed E-state index contributed by atoms with van der Waals surface area (Å²) in [5, 5.41) is 4.12. The average Bonchev–Trinajstić information content (AvgIpc) is 3.06. The lowest BCUT2D eigenvalue weighted by molar-refractivity contribution is 0.388. The van der Waals surface area contributed by atoms with E-state index in [-0.39, 0.29) is 5.09 Å². The number of hydrogen-bond donors (Lipinski definition) is 2. The largest absolute Gasteiger partial charge is 0.447 e. The molecule has 7 heteroatoms. The van der Waals surface area contributed by atoms with Gasteiger partial charge in [0.15, 0.2) is 0 Å². The highest BCUT2D eigenvalue weighted by atomic mass is 32.2. The van der Waals surface area contributed by atoms with Crippen LogP contribution in [-0.4, -0.2) is 32.5 Å². The number of sulfonamides is 1. The van der Waals surface area contributed by atoms with Gasteiger partial charge < -0.3 is 9.73 Å². The van der Waals surface area contributed by atoms with Crippen molar-refractivity contribution < 1.29 is 12.8 Å². The fourth-order valence-electron chi connectivity index (χ4n) is 2.50. The Morgan fingerprint density at radius 1 is 1.40 bits per heavy atom. The minimum Gasteiger partial charge on any atom is -0.447 e. The smallest absolute Gasteiger partial charge is 0.273 e. The lowest BCUT2D eigenvalue weighted by atomic mass is 10.2. The SMILES string of the molecule is CCSC1CCCC1NCc1ccc(S(=O)(=O)NC)o1. The van der Waals surface area contributed by atoms with E-state index in [1.54, 1.807) is 6.07 Å². The second-order valence-electron chi connectivity index (χ2n) is 4.84. The molecule has 0 spiro atoms. The van der Waals surface area contributed by atoms with Gasteiger partial charge in [-0.15, -0.1) is 0 Å². The highest BCUT2D eigenvalue weighted by Gasteiger charge is 2.27. The Morgan fingerprint density at radius 2 is 2.20 bits per heavy atom.